The molecule has 1 N–H and O–H groups in total. The Hall–Kier alpha value is -2.19. The fraction of sp³-hybridized carbons (Fsp3) is 0.154. The van der Waals surface area contributed by atoms with Crippen molar-refractivity contribution in [1.29, 1.82) is 5.26 Å². The summed E-state index contributed by atoms with van der Waals surface area (Å²) >= 11 is 5.61. The molecule has 1 aliphatic carbocycles. The molecule has 0 aromatic carbocycles. The zero-order chi connectivity index (χ0) is 13.7. The highest BCUT2D eigenvalue weighted by Gasteiger charge is 2.08. The second-order valence-corrected chi connectivity index (χ2v) is 4.14. The quantitative estimate of drug-likeness (QED) is 0.860. The molecule has 0 fully saturated rings. The first kappa shape index (κ1) is 13.2. The minimum atomic E-state index is -0.565. The van der Waals surface area contributed by atoms with Gasteiger partial charge in [0.25, 0.3) is 0 Å². The number of aromatic nitrogens is 2. The lowest BCUT2D eigenvalue weighted by molar-refractivity contribution is 0.618. The Morgan fingerprint density at radius 1 is 1.53 bits per heavy atom. The zero-order valence-corrected chi connectivity index (χ0v) is 10.7. The maximum absolute atomic E-state index is 13.4. The van der Waals surface area contributed by atoms with Gasteiger partial charge in [-0.3, -0.25) is 0 Å². The van der Waals surface area contributed by atoms with Crippen LogP contribution in [0.15, 0.2) is 41.8 Å². The van der Waals surface area contributed by atoms with Gasteiger partial charge in [0.1, 0.15) is 0 Å². The molecular weight excluding hydrogens is 267 g/mol. The van der Waals surface area contributed by atoms with Crippen molar-refractivity contribution < 1.29 is 4.39 Å². The second kappa shape index (κ2) is 6.12. The topological polar surface area (TPSA) is 61.6 Å². The summed E-state index contributed by atoms with van der Waals surface area (Å²) < 4.78 is 13.4. The number of anilines is 1. The summed E-state index contributed by atoms with van der Waals surface area (Å²) in [4.78, 5) is 7.31. The lowest BCUT2D eigenvalue weighted by Crippen LogP contribution is -2.05. The smallest absolute Gasteiger partial charge is 0.224 e. The van der Waals surface area contributed by atoms with E-state index in [4.69, 9.17) is 16.9 Å². The maximum Gasteiger partial charge on any atom is 0.224 e. The molecule has 0 atom stereocenters. The molecule has 1 heterocycles. The largest absolute Gasteiger partial charge is 0.338 e. The van der Waals surface area contributed by atoms with E-state index in [-0.39, 0.29) is 11.1 Å². The van der Waals surface area contributed by atoms with Crippen LogP contribution in [0.2, 0.25) is 5.28 Å². The van der Waals surface area contributed by atoms with E-state index in [2.05, 4.69) is 21.4 Å². The van der Waals surface area contributed by atoms with E-state index in [1.54, 1.807) is 6.08 Å². The predicted octanol–water partition coefficient (Wildman–Crippen LogP) is 3.36. The molecule has 0 amide bonds. The van der Waals surface area contributed by atoms with Crippen molar-refractivity contribution in [3.8, 4) is 6.07 Å². The van der Waals surface area contributed by atoms with E-state index in [1.807, 2.05) is 18.2 Å². The molecule has 1 aliphatic rings. The summed E-state index contributed by atoms with van der Waals surface area (Å²) in [5.74, 6) is -0.523. The Morgan fingerprint density at radius 3 is 3.05 bits per heavy atom. The number of nitrogens with zero attached hydrogens (tertiary/aromatic N) is 3. The van der Waals surface area contributed by atoms with Gasteiger partial charge in [0.05, 0.1) is 18.7 Å². The third kappa shape index (κ3) is 3.63. The average molecular weight is 277 g/mol. The van der Waals surface area contributed by atoms with E-state index in [0.29, 0.717) is 12.8 Å². The number of halogens is 2. The fourth-order valence-corrected chi connectivity index (χ4v) is 1.68. The van der Waals surface area contributed by atoms with Gasteiger partial charge in [0.2, 0.25) is 5.28 Å². The molecule has 0 saturated carbocycles. The van der Waals surface area contributed by atoms with Crippen molar-refractivity contribution >= 4 is 17.4 Å². The number of nitrogens with one attached hydrogen (secondary N) is 1. The molecule has 6 heteroatoms. The average Bonchev–Trinajstić information content (AvgIpc) is 2.42. The van der Waals surface area contributed by atoms with Gasteiger partial charge in [0, 0.05) is 5.70 Å². The molecule has 1 aromatic rings. The van der Waals surface area contributed by atoms with Gasteiger partial charge in [-0.05, 0) is 29.7 Å². The molecule has 0 saturated heterocycles. The molecule has 0 aliphatic heterocycles. The van der Waals surface area contributed by atoms with Crippen LogP contribution in [-0.2, 0) is 0 Å². The van der Waals surface area contributed by atoms with Gasteiger partial charge in [-0.1, -0.05) is 18.2 Å². The SMILES string of the molecule is N#CCC=C1C=CC(Nc2nc(Cl)ncc2F)=CC1. The second-order valence-electron chi connectivity index (χ2n) is 3.80. The van der Waals surface area contributed by atoms with Crippen LogP contribution in [0, 0.1) is 17.1 Å². The highest BCUT2D eigenvalue weighted by atomic mass is 35.5. The van der Waals surface area contributed by atoms with E-state index >= 15 is 0 Å². The predicted molar refractivity (Wildman–Crippen MR) is 70.8 cm³/mol. The summed E-state index contributed by atoms with van der Waals surface area (Å²) in [5.41, 5.74) is 1.77. The van der Waals surface area contributed by atoms with Gasteiger partial charge in [-0.15, -0.1) is 0 Å². The van der Waals surface area contributed by atoms with E-state index in [0.717, 1.165) is 17.5 Å². The summed E-state index contributed by atoms with van der Waals surface area (Å²) in [6.45, 7) is 0. The van der Waals surface area contributed by atoms with Gasteiger partial charge in [-0.25, -0.2) is 9.37 Å². The van der Waals surface area contributed by atoms with E-state index in [9.17, 15) is 4.39 Å². The van der Waals surface area contributed by atoms with Crippen LogP contribution >= 0.6 is 11.6 Å². The summed E-state index contributed by atoms with van der Waals surface area (Å²) in [5, 5.41) is 11.3. The molecule has 0 radical (unpaired) electrons. The van der Waals surface area contributed by atoms with Crippen molar-refractivity contribution in [1.82, 2.24) is 9.97 Å². The van der Waals surface area contributed by atoms with Crippen molar-refractivity contribution in [2.45, 2.75) is 12.8 Å². The maximum atomic E-state index is 13.4. The molecule has 19 heavy (non-hydrogen) atoms. The molecular formula is C13H10ClFN4. The third-order valence-electron chi connectivity index (χ3n) is 2.47. The van der Waals surface area contributed by atoms with Crippen LogP contribution in [0.3, 0.4) is 0 Å². The first-order valence-electron chi connectivity index (χ1n) is 5.58. The summed E-state index contributed by atoms with van der Waals surface area (Å²) in [6.07, 6.45) is 9.49. The van der Waals surface area contributed by atoms with Crippen molar-refractivity contribution in [2.75, 3.05) is 5.32 Å². The Morgan fingerprint density at radius 2 is 2.37 bits per heavy atom. The Bertz CT molecular complexity index is 614. The zero-order valence-electron chi connectivity index (χ0n) is 9.90. The Kier molecular flexibility index (Phi) is 4.26. The summed E-state index contributed by atoms with van der Waals surface area (Å²) in [6, 6.07) is 2.05. The van der Waals surface area contributed by atoms with Gasteiger partial charge >= 0.3 is 0 Å². The van der Waals surface area contributed by atoms with Gasteiger partial charge in [0.15, 0.2) is 11.6 Å². The molecule has 0 bridgehead atoms. The minimum Gasteiger partial charge on any atom is -0.338 e. The van der Waals surface area contributed by atoms with Crippen LogP contribution in [0.25, 0.3) is 0 Å². The number of allylic oxidation sites excluding steroid dienone is 5. The lowest BCUT2D eigenvalue weighted by Gasteiger charge is -2.11. The molecule has 1 aromatic heterocycles. The van der Waals surface area contributed by atoms with E-state index < -0.39 is 5.82 Å². The first-order chi connectivity index (χ1) is 9.19. The van der Waals surface area contributed by atoms with Crippen molar-refractivity contribution in [2.24, 2.45) is 0 Å². The van der Waals surface area contributed by atoms with Gasteiger partial charge in [-0.2, -0.15) is 10.2 Å². The third-order valence-corrected chi connectivity index (χ3v) is 2.65. The fourth-order valence-electron chi connectivity index (χ4n) is 1.55. The van der Waals surface area contributed by atoms with E-state index in [1.165, 1.54) is 0 Å². The summed E-state index contributed by atoms with van der Waals surface area (Å²) in [7, 11) is 0. The monoisotopic (exact) mass is 276 g/mol. The van der Waals surface area contributed by atoms with Crippen LogP contribution in [-0.4, -0.2) is 9.97 Å². The molecule has 0 spiro atoms. The first-order valence-corrected chi connectivity index (χ1v) is 5.96. The molecule has 2 rings (SSSR count). The number of hydrogen-bond acceptors (Lipinski definition) is 4. The minimum absolute atomic E-state index is 0.0149. The van der Waals surface area contributed by atoms with Crippen LogP contribution < -0.4 is 5.32 Å². The molecule has 4 nitrogen and oxygen atoms in total. The Labute approximate surface area is 114 Å². The Balaban J connectivity index is 2.07. The van der Waals surface area contributed by atoms with Crippen molar-refractivity contribution in [3.05, 3.63) is 52.9 Å². The van der Waals surface area contributed by atoms with Gasteiger partial charge < -0.3 is 5.32 Å². The number of hydrogen-bond donors (Lipinski definition) is 1. The van der Waals surface area contributed by atoms with Crippen LogP contribution in [0.5, 0.6) is 0 Å². The lowest BCUT2D eigenvalue weighted by atomic mass is 10.0. The molecule has 96 valence electrons. The van der Waals surface area contributed by atoms with Crippen LogP contribution in [0.1, 0.15) is 12.8 Å². The number of rotatable bonds is 3. The normalized spacial score (nSPS) is 16.1. The van der Waals surface area contributed by atoms with Crippen LogP contribution in [0.4, 0.5) is 10.2 Å². The highest BCUT2D eigenvalue weighted by molar-refractivity contribution is 6.28. The standard InChI is InChI=1S/C13H10ClFN4/c14-13-17-8-11(15)12(19-13)18-10-5-3-9(4-6-10)2-1-7-16/h2-3,5-6,8H,1,4H2,(H,17,18,19). The number of nitriles is 1. The highest BCUT2D eigenvalue weighted by Crippen LogP contribution is 2.19. The molecule has 0 unspecified atom stereocenters. The van der Waals surface area contributed by atoms with Crippen molar-refractivity contribution in [3.63, 3.8) is 0 Å².